The minimum Gasteiger partial charge on any atom is -0.477 e. The van der Waals surface area contributed by atoms with Gasteiger partial charge in [0.15, 0.2) is 5.82 Å². The predicted molar refractivity (Wildman–Crippen MR) is 109 cm³/mol. The van der Waals surface area contributed by atoms with Crippen molar-refractivity contribution in [3.05, 3.63) is 45.1 Å². The Labute approximate surface area is 168 Å². The van der Waals surface area contributed by atoms with Crippen molar-refractivity contribution < 1.29 is 14.3 Å². The van der Waals surface area contributed by atoms with E-state index in [1.165, 1.54) is 10.5 Å². The van der Waals surface area contributed by atoms with Crippen molar-refractivity contribution >= 4 is 29.6 Å². The van der Waals surface area contributed by atoms with Crippen molar-refractivity contribution in [2.45, 2.75) is 38.5 Å². The summed E-state index contributed by atoms with van der Waals surface area (Å²) in [5.74, 6) is -1.08. The number of hydrogen-bond acceptors (Lipinski definition) is 4. The lowest BCUT2D eigenvalue weighted by Crippen LogP contribution is -2.27. The van der Waals surface area contributed by atoms with Gasteiger partial charge >= 0.3 is 5.97 Å². The zero-order valence-corrected chi connectivity index (χ0v) is 16.6. The zero-order valence-electron chi connectivity index (χ0n) is 15.8. The molecule has 28 heavy (non-hydrogen) atoms. The van der Waals surface area contributed by atoms with Gasteiger partial charge in [-0.2, -0.15) is 0 Å². The van der Waals surface area contributed by atoms with E-state index in [4.69, 9.17) is 5.73 Å². The Morgan fingerprint density at radius 2 is 2.07 bits per heavy atom. The van der Waals surface area contributed by atoms with Gasteiger partial charge in [0.2, 0.25) is 0 Å². The monoisotopic (exact) mass is 409 g/mol. The highest BCUT2D eigenvalue weighted by molar-refractivity contribution is 5.89. The molecule has 3 N–H and O–H groups in total. The maximum absolute atomic E-state index is 15.0. The van der Waals surface area contributed by atoms with Crippen LogP contribution in [0.3, 0.4) is 0 Å². The SMILES string of the molecule is Cc1c(N2CCC(CCN)C2)c(F)cn2c(=O)c(C(=O)O)cc(C3CC3)c12.Cl. The lowest BCUT2D eigenvalue weighted by atomic mass is 10.0. The number of nitrogens with zero attached hydrogens (tertiary/aromatic N) is 2. The number of halogens is 2. The van der Waals surface area contributed by atoms with E-state index in [0.29, 0.717) is 29.2 Å². The Kier molecular flexibility index (Phi) is 5.68. The molecule has 1 atom stereocenters. The molecule has 0 aromatic carbocycles. The summed E-state index contributed by atoms with van der Waals surface area (Å²) in [5, 5.41) is 9.37. The molecule has 8 heteroatoms. The highest BCUT2D eigenvalue weighted by Gasteiger charge is 2.32. The standard InChI is InChI=1S/C20H24FN3O3.ClH/c1-11-17-14(13-2-3-13)8-15(20(26)27)19(25)24(17)10-16(21)18(11)23-7-5-12(9-23)4-6-22;/h8,10,12-13H,2-7,9,22H2,1H3,(H,26,27);1H. The van der Waals surface area contributed by atoms with Crippen LogP contribution in [0.25, 0.3) is 5.52 Å². The maximum Gasteiger partial charge on any atom is 0.341 e. The molecule has 2 aliphatic rings. The van der Waals surface area contributed by atoms with E-state index in [0.717, 1.165) is 50.5 Å². The summed E-state index contributed by atoms with van der Waals surface area (Å²) in [6.45, 7) is 3.96. The van der Waals surface area contributed by atoms with Crippen LogP contribution in [0.1, 0.15) is 53.1 Å². The van der Waals surface area contributed by atoms with E-state index in [2.05, 4.69) is 0 Å². The molecule has 3 heterocycles. The Morgan fingerprint density at radius 3 is 2.68 bits per heavy atom. The topological polar surface area (TPSA) is 88.0 Å². The first-order valence-electron chi connectivity index (χ1n) is 9.49. The van der Waals surface area contributed by atoms with E-state index in [1.807, 2.05) is 11.8 Å². The summed E-state index contributed by atoms with van der Waals surface area (Å²) in [7, 11) is 0. The third kappa shape index (κ3) is 3.37. The largest absolute Gasteiger partial charge is 0.477 e. The second-order valence-electron chi connectivity index (χ2n) is 7.75. The summed E-state index contributed by atoms with van der Waals surface area (Å²) < 4.78 is 16.2. The average molecular weight is 410 g/mol. The Morgan fingerprint density at radius 1 is 1.36 bits per heavy atom. The molecule has 1 saturated heterocycles. The highest BCUT2D eigenvalue weighted by Crippen LogP contribution is 2.44. The average Bonchev–Trinajstić information content (AvgIpc) is 3.36. The Bertz CT molecular complexity index is 987. The Hall–Kier alpha value is -2.12. The molecule has 2 aromatic heterocycles. The molecule has 1 saturated carbocycles. The van der Waals surface area contributed by atoms with Crippen LogP contribution in [0.5, 0.6) is 0 Å². The molecular formula is C20H25ClFN3O3. The van der Waals surface area contributed by atoms with Crippen LogP contribution in [0.2, 0.25) is 0 Å². The molecule has 6 nitrogen and oxygen atoms in total. The fourth-order valence-electron chi connectivity index (χ4n) is 4.40. The van der Waals surface area contributed by atoms with Gasteiger partial charge in [-0.25, -0.2) is 9.18 Å². The molecule has 2 fully saturated rings. The first-order chi connectivity index (χ1) is 12.9. The van der Waals surface area contributed by atoms with Gasteiger partial charge in [0, 0.05) is 13.1 Å². The van der Waals surface area contributed by atoms with E-state index in [-0.39, 0.29) is 23.9 Å². The van der Waals surface area contributed by atoms with Crippen LogP contribution in [-0.4, -0.2) is 35.1 Å². The molecule has 0 radical (unpaired) electrons. The third-order valence-corrected chi connectivity index (χ3v) is 5.87. The molecule has 152 valence electrons. The number of carboxylic acid groups (broad SMARTS) is 1. The summed E-state index contributed by atoms with van der Waals surface area (Å²) in [6, 6.07) is 1.49. The molecule has 1 unspecified atom stereocenters. The number of rotatable bonds is 5. The van der Waals surface area contributed by atoms with Crippen molar-refractivity contribution in [1.82, 2.24) is 4.40 Å². The first kappa shape index (κ1) is 20.6. The number of aryl methyl sites for hydroxylation is 1. The van der Waals surface area contributed by atoms with Gasteiger partial charge in [-0.05, 0) is 68.2 Å². The highest BCUT2D eigenvalue weighted by atomic mass is 35.5. The first-order valence-corrected chi connectivity index (χ1v) is 9.49. The number of aromatic carboxylic acids is 1. The van der Waals surface area contributed by atoms with Crippen LogP contribution in [0.4, 0.5) is 10.1 Å². The van der Waals surface area contributed by atoms with Gasteiger partial charge in [-0.3, -0.25) is 9.20 Å². The van der Waals surface area contributed by atoms with Gasteiger partial charge in [0.1, 0.15) is 5.56 Å². The normalized spacial score (nSPS) is 19.1. The molecule has 0 spiro atoms. The summed E-state index contributed by atoms with van der Waals surface area (Å²) in [6.07, 6.45) is 4.97. The predicted octanol–water partition coefficient (Wildman–Crippen LogP) is 2.92. The van der Waals surface area contributed by atoms with Crippen LogP contribution in [-0.2, 0) is 0 Å². The van der Waals surface area contributed by atoms with Crippen LogP contribution in [0, 0.1) is 18.7 Å². The van der Waals surface area contributed by atoms with Crippen molar-refractivity contribution in [2.75, 3.05) is 24.5 Å². The lowest BCUT2D eigenvalue weighted by molar-refractivity contribution is 0.0694. The van der Waals surface area contributed by atoms with Crippen LogP contribution in [0.15, 0.2) is 17.1 Å². The summed E-state index contributed by atoms with van der Waals surface area (Å²) in [5.41, 5.74) is 7.41. The van der Waals surface area contributed by atoms with E-state index < -0.39 is 17.3 Å². The van der Waals surface area contributed by atoms with Crippen molar-refractivity contribution in [2.24, 2.45) is 11.7 Å². The van der Waals surface area contributed by atoms with Crippen molar-refractivity contribution in [1.29, 1.82) is 0 Å². The summed E-state index contributed by atoms with van der Waals surface area (Å²) >= 11 is 0. The fourth-order valence-corrected chi connectivity index (χ4v) is 4.40. The number of nitrogens with two attached hydrogens (primary N) is 1. The smallest absolute Gasteiger partial charge is 0.341 e. The lowest BCUT2D eigenvalue weighted by Gasteiger charge is -2.24. The van der Waals surface area contributed by atoms with Crippen LogP contribution < -0.4 is 16.2 Å². The molecule has 1 aliphatic heterocycles. The minimum atomic E-state index is -1.28. The number of carboxylic acids is 1. The van der Waals surface area contributed by atoms with Crippen LogP contribution >= 0.6 is 12.4 Å². The van der Waals surface area contributed by atoms with E-state index in [9.17, 15) is 14.7 Å². The Balaban J connectivity index is 0.00000225. The molecule has 1 aliphatic carbocycles. The second kappa shape index (κ2) is 7.72. The van der Waals surface area contributed by atoms with E-state index >= 15 is 4.39 Å². The maximum atomic E-state index is 15.0. The second-order valence-corrected chi connectivity index (χ2v) is 7.75. The number of aromatic nitrogens is 1. The van der Waals surface area contributed by atoms with Crippen molar-refractivity contribution in [3.63, 3.8) is 0 Å². The van der Waals surface area contributed by atoms with Gasteiger partial charge < -0.3 is 15.7 Å². The number of pyridine rings is 2. The number of hydrogen-bond donors (Lipinski definition) is 2. The molecule has 0 amide bonds. The number of anilines is 1. The van der Waals surface area contributed by atoms with Crippen molar-refractivity contribution in [3.8, 4) is 0 Å². The number of carbonyl (C=O) groups is 1. The molecule has 2 aromatic rings. The van der Waals surface area contributed by atoms with Gasteiger partial charge in [-0.1, -0.05) is 0 Å². The third-order valence-electron chi connectivity index (χ3n) is 5.87. The molecule has 4 rings (SSSR count). The van der Waals surface area contributed by atoms with Gasteiger partial charge in [0.25, 0.3) is 5.56 Å². The van der Waals surface area contributed by atoms with E-state index in [1.54, 1.807) is 0 Å². The fraction of sp³-hybridized carbons (Fsp3) is 0.500. The minimum absolute atomic E-state index is 0. The van der Waals surface area contributed by atoms with Gasteiger partial charge in [0.05, 0.1) is 17.4 Å². The number of fused-ring (bicyclic) bond motifs is 1. The van der Waals surface area contributed by atoms with Gasteiger partial charge in [-0.15, -0.1) is 12.4 Å². The summed E-state index contributed by atoms with van der Waals surface area (Å²) in [4.78, 5) is 26.1. The zero-order chi connectivity index (χ0) is 19.3. The quantitative estimate of drug-likeness (QED) is 0.792. The molecular weight excluding hydrogens is 385 g/mol. The molecule has 0 bridgehead atoms.